The van der Waals surface area contributed by atoms with Crippen LogP contribution in [0.25, 0.3) is 11.0 Å². The molecule has 0 saturated carbocycles. The van der Waals surface area contributed by atoms with Gasteiger partial charge >= 0.3 is 0 Å². The number of nitrogens with zero attached hydrogens (tertiary/aromatic N) is 4. The van der Waals surface area contributed by atoms with Crippen LogP contribution < -0.4 is 9.64 Å². The van der Waals surface area contributed by atoms with E-state index in [1.807, 2.05) is 36.3 Å². The number of aromatic nitrogens is 3. The van der Waals surface area contributed by atoms with E-state index in [9.17, 15) is 4.79 Å². The van der Waals surface area contributed by atoms with Crippen LogP contribution in [0.4, 0.5) is 5.82 Å². The van der Waals surface area contributed by atoms with Crippen LogP contribution in [-0.2, 0) is 11.2 Å². The van der Waals surface area contributed by atoms with E-state index in [0.29, 0.717) is 23.9 Å². The van der Waals surface area contributed by atoms with Gasteiger partial charge in [0.25, 0.3) is 5.91 Å². The topological polar surface area (TPSA) is 74.3 Å². The molecule has 1 amide bonds. The Labute approximate surface area is 180 Å². The van der Waals surface area contributed by atoms with Gasteiger partial charge in [0, 0.05) is 37.8 Å². The summed E-state index contributed by atoms with van der Waals surface area (Å²) in [7, 11) is 2.05. The number of H-pyrrole nitrogens is 1. The maximum Gasteiger partial charge on any atom is 0.264 e. The first-order valence-electron chi connectivity index (χ1n) is 10.3. The van der Waals surface area contributed by atoms with E-state index in [1.165, 1.54) is 0 Å². The first-order valence-corrected chi connectivity index (χ1v) is 10.6. The Balaban J connectivity index is 1.34. The van der Waals surface area contributed by atoms with Gasteiger partial charge in [-0.25, -0.2) is 9.97 Å². The number of benzene rings is 1. The molecule has 1 fully saturated rings. The third kappa shape index (κ3) is 3.27. The number of likely N-dealkylation sites (tertiary alicyclic amines) is 1. The van der Waals surface area contributed by atoms with Gasteiger partial charge in [0.05, 0.1) is 11.4 Å². The van der Waals surface area contributed by atoms with Gasteiger partial charge < -0.3 is 19.5 Å². The van der Waals surface area contributed by atoms with Crippen molar-refractivity contribution in [3.63, 3.8) is 0 Å². The number of likely N-dealkylation sites (N-methyl/N-ethyl adjacent to an activating group) is 1. The number of halogens is 1. The Morgan fingerprint density at radius 1 is 1.33 bits per heavy atom. The second-order valence-electron chi connectivity index (χ2n) is 8.23. The third-order valence-electron chi connectivity index (χ3n) is 6.37. The van der Waals surface area contributed by atoms with Crippen molar-refractivity contribution in [2.75, 3.05) is 25.0 Å². The second kappa shape index (κ2) is 7.47. The summed E-state index contributed by atoms with van der Waals surface area (Å²) in [6.45, 7) is 3.62. The number of carbonyl (C=O) groups is 1. The molecule has 3 atom stereocenters. The monoisotopic (exact) mass is 425 g/mol. The van der Waals surface area contributed by atoms with Crippen molar-refractivity contribution < 1.29 is 9.53 Å². The largest absolute Gasteiger partial charge is 0.480 e. The van der Waals surface area contributed by atoms with Crippen molar-refractivity contribution >= 4 is 34.4 Å². The summed E-state index contributed by atoms with van der Waals surface area (Å²) in [4.78, 5) is 29.3. The molecule has 5 rings (SSSR count). The van der Waals surface area contributed by atoms with E-state index >= 15 is 0 Å². The molecule has 8 heteroatoms. The van der Waals surface area contributed by atoms with Crippen LogP contribution in [0.1, 0.15) is 18.9 Å². The van der Waals surface area contributed by atoms with Gasteiger partial charge in [-0.05, 0) is 42.2 Å². The molecule has 0 radical (unpaired) electrons. The molecule has 1 N–H and O–H groups in total. The molecular weight excluding hydrogens is 402 g/mol. The maximum absolute atomic E-state index is 13.3. The highest BCUT2D eigenvalue weighted by molar-refractivity contribution is 6.30. The molecule has 2 aliphatic rings. The van der Waals surface area contributed by atoms with Crippen LogP contribution in [0, 0.1) is 5.92 Å². The zero-order valence-corrected chi connectivity index (χ0v) is 17.8. The molecule has 2 aromatic heterocycles. The average Bonchev–Trinajstić information content (AvgIpc) is 3.39. The smallest absolute Gasteiger partial charge is 0.264 e. The van der Waals surface area contributed by atoms with E-state index in [4.69, 9.17) is 16.3 Å². The lowest BCUT2D eigenvalue weighted by Crippen LogP contribution is -2.55. The molecule has 30 heavy (non-hydrogen) atoms. The number of aromatic amines is 1. The van der Waals surface area contributed by atoms with Crippen molar-refractivity contribution in [3.8, 4) is 5.75 Å². The minimum atomic E-state index is -0.478. The van der Waals surface area contributed by atoms with E-state index in [-0.39, 0.29) is 11.9 Å². The lowest BCUT2D eigenvalue weighted by molar-refractivity contribution is -0.139. The van der Waals surface area contributed by atoms with E-state index < -0.39 is 6.10 Å². The van der Waals surface area contributed by atoms with Crippen LogP contribution >= 0.6 is 11.6 Å². The van der Waals surface area contributed by atoms with Crippen molar-refractivity contribution in [2.24, 2.45) is 5.92 Å². The normalized spacial score (nSPS) is 23.3. The number of nitrogens with one attached hydrogen (secondary N) is 1. The number of rotatable bonds is 3. The van der Waals surface area contributed by atoms with Crippen LogP contribution in [-0.4, -0.2) is 58.0 Å². The van der Waals surface area contributed by atoms with Gasteiger partial charge in [0.15, 0.2) is 6.10 Å². The van der Waals surface area contributed by atoms with Gasteiger partial charge in [-0.15, -0.1) is 0 Å². The molecular formula is C22H24ClN5O2. The van der Waals surface area contributed by atoms with Gasteiger partial charge in [-0.3, -0.25) is 4.79 Å². The molecule has 7 nitrogen and oxygen atoms in total. The number of carbonyl (C=O) groups excluding carboxylic acids is 1. The standard InChI is InChI=1S/C22H24ClN5O2/c1-13-6-8-28(22(29)19-10-14-9-15(23)3-4-18(14)30-19)11-17(13)27(2)21-16-5-7-24-20(16)25-12-26-21/h3-5,7,9,12-13,17,19H,6,8,10-11H2,1-2H3,(H,24,25,26)/t13-,17+,19+/m1/s1. The fourth-order valence-corrected chi connectivity index (χ4v) is 4.80. The summed E-state index contributed by atoms with van der Waals surface area (Å²) < 4.78 is 5.94. The summed E-state index contributed by atoms with van der Waals surface area (Å²) in [5.41, 5.74) is 1.81. The van der Waals surface area contributed by atoms with Gasteiger partial charge in [0.2, 0.25) is 0 Å². The summed E-state index contributed by atoms with van der Waals surface area (Å²) >= 11 is 6.09. The first-order chi connectivity index (χ1) is 14.5. The number of hydrogen-bond donors (Lipinski definition) is 1. The summed E-state index contributed by atoms with van der Waals surface area (Å²) in [5, 5.41) is 1.65. The second-order valence-corrected chi connectivity index (χ2v) is 8.66. The number of piperidine rings is 1. The Kier molecular flexibility index (Phi) is 4.77. The molecule has 0 unspecified atom stereocenters. The fraction of sp³-hybridized carbons (Fsp3) is 0.409. The number of hydrogen-bond acceptors (Lipinski definition) is 5. The fourth-order valence-electron chi connectivity index (χ4n) is 4.61. The Morgan fingerprint density at radius 3 is 3.07 bits per heavy atom. The van der Waals surface area contributed by atoms with E-state index in [0.717, 1.165) is 41.1 Å². The maximum atomic E-state index is 13.3. The van der Waals surface area contributed by atoms with Gasteiger partial charge in [-0.2, -0.15) is 0 Å². The zero-order valence-electron chi connectivity index (χ0n) is 17.0. The van der Waals surface area contributed by atoms with Crippen molar-refractivity contribution in [1.82, 2.24) is 19.9 Å². The Hall–Kier alpha value is -2.80. The SMILES string of the molecule is C[C@@H]1CCN(C(=O)[C@@H]2Cc3cc(Cl)ccc3O2)C[C@@H]1N(C)c1ncnc2[nH]ccc12. The lowest BCUT2D eigenvalue weighted by Gasteiger charge is -2.42. The van der Waals surface area contributed by atoms with Crippen LogP contribution in [0.15, 0.2) is 36.8 Å². The predicted octanol–water partition coefficient (Wildman–Crippen LogP) is 3.29. The number of ether oxygens (including phenoxy) is 1. The molecule has 0 aliphatic carbocycles. The highest BCUT2D eigenvalue weighted by atomic mass is 35.5. The Morgan fingerprint density at radius 2 is 2.20 bits per heavy atom. The molecule has 1 saturated heterocycles. The van der Waals surface area contributed by atoms with Crippen molar-refractivity contribution in [3.05, 3.63) is 47.4 Å². The molecule has 2 aliphatic heterocycles. The first kappa shape index (κ1) is 19.2. The molecule has 0 bridgehead atoms. The van der Waals surface area contributed by atoms with Crippen LogP contribution in [0.2, 0.25) is 5.02 Å². The number of anilines is 1. The summed E-state index contributed by atoms with van der Waals surface area (Å²) in [6.07, 6.45) is 4.48. The molecule has 0 spiro atoms. The highest BCUT2D eigenvalue weighted by Gasteiger charge is 2.38. The molecule has 3 aromatic rings. The quantitative estimate of drug-likeness (QED) is 0.697. The number of amides is 1. The third-order valence-corrected chi connectivity index (χ3v) is 6.60. The van der Waals surface area contributed by atoms with Crippen LogP contribution in [0.3, 0.4) is 0 Å². The van der Waals surface area contributed by atoms with Crippen molar-refractivity contribution in [1.29, 1.82) is 0 Å². The van der Waals surface area contributed by atoms with Crippen molar-refractivity contribution in [2.45, 2.75) is 31.9 Å². The molecule has 4 heterocycles. The zero-order chi connectivity index (χ0) is 20.8. The lowest BCUT2D eigenvalue weighted by atomic mass is 9.91. The average molecular weight is 426 g/mol. The minimum Gasteiger partial charge on any atom is -0.480 e. The Bertz CT molecular complexity index is 1100. The van der Waals surface area contributed by atoms with E-state index in [1.54, 1.807) is 12.4 Å². The predicted molar refractivity (Wildman–Crippen MR) is 116 cm³/mol. The van der Waals surface area contributed by atoms with Crippen LogP contribution in [0.5, 0.6) is 5.75 Å². The van der Waals surface area contributed by atoms with Gasteiger partial charge in [0.1, 0.15) is 23.5 Å². The van der Waals surface area contributed by atoms with E-state index in [2.05, 4.69) is 26.8 Å². The van der Waals surface area contributed by atoms with Gasteiger partial charge in [-0.1, -0.05) is 18.5 Å². The molecule has 156 valence electrons. The highest BCUT2D eigenvalue weighted by Crippen LogP contribution is 2.33. The molecule has 1 aromatic carbocycles. The number of fused-ring (bicyclic) bond motifs is 2. The minimum absolute atomic E-state index is 0.0436. The summed E-state index contributed by atoms with van der Waals surface area (Å²) in [5.74, 6) is 2.12. The summed E-state index contributed by atoms with van der Waals surface area (Å²) in [6, 6.07) is 7.68.